The summed E-state index contributed by atoms with van der Waals surface area (Å²) in [5.41, 5.74) is 6.51. The maximum atomic E-state index is 12.7. The highest BCUT2D eigenvalue weighted by molar-refractivity contribution is 7.99. The number of benzene rings is 2. The number of anilines is 1. The van der Waals surface area contributed by atoms with E-state index in [1.165, 1.54) is 17.3 Å². The predicted molar refractivity (Wildman–Crippen MR) is 120 cm³/mol. The van der Waals surface area contributed by atoms with Gasteiger partial charge < -0.3 is 5.32 Å². The van der Waals surface area contributed by atoms with Gasteiger partial charge in [0.15, 0.2) is 5.16 Å². The van der Waals surface area contributed by atoms with E-state index in [2.05, 4.69) is 67.5 Å². The van der Waals surface area contributed by atoms with Crippen LogP contribution in [-0.2, 0) is 4.79 Å². The molecule has 3 aromatic rings. The molecule has 0 aliphatic heterocycles. The van der Waals surface area contributed by atoms with E-state index in [4.69, 9.17) is 0 Å². The molecule has 0 spiro atoms. The second kappa shape index (κ2) is 8.82. The Hall–Kier alpha value is -2.60. The van der Waals surface area contributed by atoms with Crippen LogP contribution in [0.15, 0.2) is 41.6 Å². The van der Waals surface area contributed by atoms with Crippen LogP contribution in [0.4, 0.5) is 5.69 Å². The van der Waals surface area contributed by atoms with Crippen LogP contribution >= 0.6 is 11.8 Å². The molecule has 1 heterocycles. The predicted octanol–water partition coefficient (Wildman–Crippen LogP) is 5.36. The normalized spacial score (nSPS) is 11.1. The van der Waals surface area contributed by atoms with Gasteiger partial charge in [-0.2, -0.15) is 0 Å². The van der Waals surface area contributed by atoms with Gasteiger partial charge in [-0.05, 0) is 61.9 Å². The lowest BCUT2D eigenvalue weighted by atomic mass is 9.98. The van der Waals surface area contributed by atoms with Crippen molar-refractivity contribution in [2.24, 2.45) is 0 Å². The fourth-order valence-corrected chi connectivity index (χ4v) is 4.11. The molecule has 0 aliphatic rings. The standard InChI is InChI=1S/C23H28N4OS/c1-14(2)19-9-7-8-17(5)22(19)24-21(28)13-29-23-26-25-18(6)27(23)20-12-15(3)10-11-16(20)4/h7-12,14H,13H2,1-6H3,(H,24,28). The van der Waals surface area contributed by atoms with E-state index in [1.54, 1.807) is 0 Å². The first-order valence-corrected chi connectivity index (χ1v) is 10.8. The summed E-state index contributed by atoms with van der Waals surface area (Å²) in [4.78, 5) is 12.7. The van der Waals surface area contributed by atoms with E-state index in [9.17, 15) is 4.79 Å². The monoisotopic (exact) mass is 408 g/mol. The van der Waals surface area contributed by atoms with E-state index < -0.39 is 0 Å². The minimum absolute atomic E-state index is 0.0423. The molecule has 0 bridgehead atoms. The zero-order valence-corrected chi connectivity index (χ0v) is 18.7. The fraction of sp³-hybridized carbons (Fsp3) is 0.348. The molecule has 0 radical (unpaired) electrons. The maximum absolute atomic E-state index is 12.7. The molecule has 1 amide bonds. The summed E-state index contributed by atoms with van der Waals surface area (Å²) in [6.45, 7) is 12.4. The molecule has 1 N–H and O–H groups in total. The quantitative estimate of drug-likeness (QED) is 0.558. The lowest BCUT2D eigenvalue weighted by Gasteiger charge is -2.16. The van der Waals surface area contributed by atoms with E-state index in [0.717, 1.165) is 39.0 Å². The van der Waals surface area contributed by atoms with E-state index in [0.29, 0.717) is 5.92 Å². The molecule has 1 aromatic heterocycles. The summed E-state index contributed by atoms with van der Waals surface area (Å²) in [5, 5.41) is 12.4. The number of rotatable bonds is 6. The average molecular weight is 409 g/mol. The number of amides is 1. The number of carbonyl (C=O) groups is 1. The Labute approximate surface area is 176 Å². The highest BCUT2D eigenvalue weighted by Crippen LogP contribution is 2.28. The van der Waals surface area contributed by atoms with Crippen LogP contribution in [0.1, 0.15) is 47.8 Å². The number of carbonyl (C=O) groups excluding carboxylic acids is 1. The second-order valence-electron chi connectivity index (χ2n) is 7.69. The lowest BCUT2D eigenvalue weighted by Crippen LogP contribution is -2.17. The smallest absolute Gasteiger partial charge is 0.234 e. The molecule has 0 fully saturated rings. The van der Waals surface area contributed by atoms with Gasteiger partial charge in [0.2, 0.25) is 5.91 Å². The Morgan fingerprint density at radius 1 is 1.07 bits per heavy atom. The molecule has 0 aliphatic carbocycles. The number of thioether (sulfide) groups is 1. The van der Waals surface area contributed by atoms with Crippen LogP contribution in [0.5, 0.6) is 0 Å². The van der Waals surface area contributed by atoms with Gasteiger partial charge in [0.05, 0.1) is 11.4 Å². The minimum atomic E-state index is -0.0423. The van der Waals surface area contributed by atoms with Crippen LogP contribution < -0.4 is 5.32 Å². The van der Waals surface area contributed by atoms with Gasteiger partial charge >= 0.3 is 0 Å². The summed E-state index contributed by atoms with van der Waals surface area (Å²) >= 11 is 1.40. The molecule has 152 valence electrons. The highest BCUT2D eigenvalue weighted by atomic mass is 32.2. The van der Waals surface area contributed by atoms with Gasteiger partial charge in [-0.25, -0.2) is 0 Å². The summed E-state index contributed by atoms with van der Waals surface area (Å²) < 4.78 is 2.02. The number of nitrogens with zero attached hydrogens (tertiary/aromatic N) is 3. The molecular formula is C23H28N4OS. The van der Waals surface area contributed by atoms with Crippen molar-refractivity contribution in [2.45, 2.75) is 52.6 Å². The molecule has 29 heavy (non-hydrogen) atoms. The van der Waals surface area contributed by atoms with Gasteiger partial charge in [-0.15, -0.1) is 10.2 Å². The van der Waals surface area contributed by atoms with Crippen molar-refractivity contribution in [2.75, 3.05) is 11.1 Å². The van der Waals surface area contributed by atoms with Crippen LogP contribution in [0.2, 0.25) is 0 Å². The zero-order chi connectivity index (χ0) is 21.1. The Morgan fingerprint density at radius 2 is 1.83 bits per heavy atom. The van der Waals surface area contributed by atoms with Crippen LogP contribution in [0.25, 0.3) is 5.69 Å². The molecule has 0 unspecified atom stereocenters. The van der Waals surface area contributed by atoms with Crippen molar-refractivity contribution in [3.8, 4) is 5.69 Å². The molecule has 0 saturated heterocycles. The molecule has 3 rings (SSSR count). The number of hydrogen-bond acceptors (Lipinski definition) is 4. The first kappa shape index (κ1) is 21.1. The first-order valence-electron chi connectivity index (χ1n) is 9.79. The van der Waals surface area contributed by atoms with E-state index in [1.807, 2.05) is 30.5 Å². The van der Waals surface area contributed by atoms with Crippen LogP contribution in [0.3, 0.4) is 0 Å². The van der Waals surface area contributed by atoms with E-state index in [-0.39, 0.29) is 11.7 Å². The Morgan fingerprint density at radius 3 is 2.55 bits per heavy atom. The number of aryl methyl sites for hydroxylation is 4. The third-order valence-corrected chi connectivity index (χ3v) is 5.85. The average Bonchev–Trinajstić information content (AvgIpc) is 3.04. The largest absolute Gasteiger partial charge is 0.325 e. The van der Waals surface area contributed by atoms with Crippen molar-refractivity contribution < 1.29 is 4.79 Å². The molecular weight excluding hydrogens is 380 g/mol. The summed E-state index contributed by atoms with van der Waals surface area (Å²) in [6.07, 6.45) is 0. The number of aromatic nitrogens is 3. The van der Waals surface area contributed by atoms with Gasteiger partial charge in [-0.1, -0.05) is 55.9 Å². The summed E-state index contributed by atoms with van der Waals surface area (Å²) in [7, 11) is 0. The van der Waals surface area contributed by atoms with Crippen molar-refractivity contribution in [3.05, 3.63) is 64.5 Å². The third kappa shape index (κ3) is 4.70. The Kier molecular flexibility index (Phi) is 6.42. The van der Waals surface area contributed by atoms with Gasteiger partial charge in [-0.3, -0.25) is 9.36 Å². The molecule has 0 saturated carbocycles. The van der Waals surface area contributed by atoms with E-state index >= 15 is 0 Å². The lowest BCUT2D eigenvalue weighted by molar-refractivity contribution is -0.113. The zero-order valence-electron chi connectivity index (χ0n) is 17.9. The van der Waals surface area contributed by atoms with Gasteiger partial charge in [0.1, 0.15) is 5.82 Å². The summed E-state index contributed by atoms with van der Waals surface area (Å²) in [6, 6.07) is 12.4. The maximum Gasteiger partial charge on any atom is 0.234 e. The van der Waals surface area contributed by atoms with Crippen LogP contribution in [0, 0.1) is 27.7 Å². The Bertz CT molecular complexity index is 1040. The highest BCUT2D eigenvalue weighted by Gasteiger charge is 2.17. The number of hydrogen-bond donors (Lipinski definition) is 1. The number of para-hydroxylation sites is 1. The SMILES string of the molecule is Cc1ccc(C)c(-n2c(C)nnc2SCC(=O)Nc2c(C)cccc2C(C)C)c1. The van der Waals surface area contributed by atoms with Gasteiger partial charge in [0, 0.05) is 5.69 Å². The van der Waals surface area contributed by atoms with Crippen molar-refractivity contribution >= 4 is 23.4 Å². The Balaban J connectivity index is 1.79. The number of nitrogens with one attached hydrogen (secondary N) is 1. The topological polar surface area (TPSA) is 59.8 Å². The molecule has 0 atom stereocenters. The first-order chi connectivity index (χ1) is 13.8. The van der Waals surface area contributed by atoms with Crippen molar-refractivity contribution in [3.63, 3.8) is 0 Å². The fourth-order valence-electron chi connectivity index (χ4n) is 3.32. The van der Waals surface area contributed by atoms with Crippen LogP contribution in [-0.4, -0.2) is 26.4 Å². The van der Waals surface area contributed by atoms with Crippen molar-refractivity contribution in [1.82, 2.24) is 14.8 Å². The summed E-state index contributed by atoms with van der Waals surface area (Å²) in [5.74, 6) is 1.38. The second-order valence-corrected chi connectivity index (χ2v) is 8.63. The van der Waals surface area contributed by atoms with Crippen molar-refractivity contribution in [1.29, 1.82) is 0 Å². The minimum Gasteiger partial charge on any atom is -0.325 e. The molecule has 5 nitrogen and oxygen atoms in total. The third-order valence-electron chi connectivity index (χ3n) is 4.92. The molecule has 6 heteroatoms. The molecule has 2 aromatic carbocycles. The van der Waals surface area contributed by atoms with Gasteiger partial charge in [0.25, 0.3) is 0 Å².